The quantitative estimate of drug-likeness (QED) is 0.884. The summed E-state index contributed by atoms with van der Waals surface area (Å²) in [4.78, 5) is 12.1. The lowest BCUT2D eigenvalue weighted by molar-refractivity contribution is 0.0944. The van der Waals surface area contributed by atoms with E-state index in [0.29, 0.717) is 0 Å². The summed E-state index contributed by atoms with van der Waals surface area (Å²) in [6, 6.07) is 5.03. The Kier molecular flexibility index (Phi) is 6.28. The van der Waals surface area contributed by atoms with Crippen molar-refractivity contribution in [2.24, 2.45) is 0 Å². The molecule has 2 N–H and O–H groups in total. The molecule has 0 spiro atoms. The Morgan fingerprint density at radius 2 is 2.21 bits per heavy atom. The molecule has 130 valence electrons. The molecular formula is C16H19ClF2N4O. The van der Waals surface area contributed by atoms with Gasteiger partial charge in [-0.3, -0.25) is 9.48 Å². The summed E-state index contributed by atoms with van der Waals surface area (Å²) in [5.74, 6) is -1.49. The molecule has 1 saturated heterocycles. The molecule has 0 aliphatic carbocycles. The maximum Gasteiger partial charge on any atom is 0.272 e. The summed E-state index contributed by atoms with van der Waals surface area (Å²) >= 11 is 0. The first-order valence-electron chi connectivity index (χ1n) is 7.61. The second-order valence-corrected chi connectivity index (χ2v) is 5.60. The number of aromatic nitrogens is 2. The number of carbonyl (C=O) groups excluding carboxylic acids is 1. The van der Waals surface area contributed by atoms with Crippen molar-refractivity contribution in [2.75, 3.05) is 13.1 Å². The zero-order valence-corrected chi connectivity index (χ0v) is 13.8. The number of amides is 1. The first-order valence-corrected chi connectivity index (χ1v) is 7.61. The van der Waals surface area contributed by atoms with Crippen LogP contribution in [0.25, 0.3) is 0 Å². The maximum absolute atomic E-state index is 13.5. The van der Waals surface area contributed by atoms with E-state index in [2.05, 4.69) is 15.7 Å². The third kappa shape index (κ3) is 4.30. The number of halogens is 3. The summed E-state index contributed by atoms with van der Waals surface area (Å²) in [5.41, 5.74) is 0.377. The third-order valence-corrected chi connectivity index (χ3v) is 3.93. The first-order chi connectivity index (χ1) is 11.1. The Morgan fingerprint density at radius 1 is 1.38 bits per heavy atom. The molecule has 2 aromatic rings. The van der Waals surface area contributed by atoms with Crippen LogP contribution in [0.3, 0.4) is 0 Å². The molecule has 5 nitrogen and oxygen atoms in total. The van der Waals surface area contributed by atoms with Crippen LogP contribution in [0.2, 0.25) is 0 Å². The van der Waals surface area contributed by atoms with Crippen molar-refractivity contribution < 1.29 is 13.6 Å². The zero-order valence-electron chi connectivity index (χ0n) is 13.0. The topological polar surface area (TPSA) is 59.0 Å². The van der Waals surface area contributed by atoms with Gasteiger partial charge in [0.25, 0.3) is 5.91 Å². The number of nitrogens with zero attached hydrogens (tertiary/aromatic N) is 2. The summed E-state index contributed by atoms with van der Waals surface area (Å²) in [6.07, 6.45) is 3.87. The first kappa shape index (κ1) is 18.4. The second-order valence-electron chi connectivity index (χ2n) is 5.60. The highest BCUT2D eigenvalue weighted by molar-refractivity contribution is 5.92. The fourth-order valence-corrected chi connectivity index (χ4v) is 2.67. The van der Waals surface area contributed by atoms with Crippen molar-refractivity contribution in [3.05, 3.63) is 53.4 Å². The fraction of sp³-hybridized carbons (Fsp3) is 0.375. The van der Waals surface area contributed by atoms with E-state index in [9.17, 15) is 13.6 Å². The van der Waals surface area contributed by atoms with Crippen molar-refractivity contribution in [3.8, 4) is 0 Å². The SMILES string of the molecule is Cl.O=C(NCc1cc(F)ccc1F)c1ccn(C2CCCNC2)n1. The van der Waals surface area contributed by atoms with Crippen molar-refractivity contribution in [1.82, 2.24) is 20.4 Å². The van der Waals surface area contributed by atoms with E-state index < -0.39 is 17.5 Å². The Balaban J connectivity index is 0.00000208. The lowest BCUT2D eigenvalue weighted by Crippen LogP contribution is -2.32. The lowest BCUT2D eigenvalue weighted by atomic mass is 10.1. The standard InChI is InChI=1S/C16H18F2N4O.ClH/c17-12-3-4-14(18)11(8-12)9-20-16(23)15-5-7-22(21-15)13-2-1-6-19-10-13;/h3-5,7-8,13,19H,1-2,6,9-10H2,(H,20,23);1H. The van der Waals surface area contributed by atoms with E-state index >= 15 is 0 Å². The molecule has 0 radical (unpaired) electrons. The number of carbonyl (C=O) groups is 1. The van der Waals surface area contributed by atoms with Crippen LogP contribution in [-0.4, -0.2) is 28.8 Å². The summed E-state index contributed by atoms with van der Waals surface area (Å²) in [6.45, 7) is 1.75. The minimum absolute atomic E-state index is 0. The highest BCUT2D eigenvalue weighted by Gasteiger charge is 2.17. The lowest BCUT2D eigenvalue weighted by Gasteiger charge is -2.22. The van der Waals surface area contributed by atoms with E-state index in [1.165, 1.54) is 0 Å². The van der Waals surface area contributed by atoms with Crippen LogP contribution in [-0.2, 0) is 6.54 Å². The van der Waals surface area contributed by atoms with Gasteiger partial charge >= 0.3 is 0 Å². The highest BCUT2D eigenvalue weighted by Crippen LogP contribution is 2.16. The van der Waals surface area contributed by atoms with E-state index in [1.54, 1.807) is 16.9 Å². The van der Waals surface area contributed by atoms with Gasteiger partial charge in [0.15, 0.2) is 0 Å². The van der Waals surface area contributed by atoms with Crippen LogP contribution in [0.15, 0.2) is 30.5 Å². The normalized spacial score (nSPS) is 17.2. The smallest absolute Gasteiger partial charge is 0.272 e. The number of rotatable bonds is 4. The monoisotopic (exact) mass is 356 g/mol. The zero-order chi connectivity index (χ0) is 16.2. The molecule has 3 rings (SSSR count). The molecule has 2 heterocycles. The van der Waals surface area contributed by atoms with Crippen LogP contribution in [0, 0.1) is 11.6 Å². The highest BCUT2D eigenvalue weighted by atomic mass is 35.5. The van der Waals surface area contributed by atoms with E-state index in [0.717, 1.165) is 44.1 Å². The fourth-order valence-electron chi connectivity index (χ4n) is 2.67. The summed E-state index contributed by atoms with van der Waals surface area (Å²) in [7, 11) is 0. The van der Waals surface area contributed by atoms with E-state index in [-0.39, 0.29) is 36.3 Å². The van der Waals surface area contributed by atoms with Gasteiger partial charge in [-0.15, -0.1) is 12.4 Å². The average molecular weight is 357 g/mol. The predicted octanol–water partition coefficient (Wildman–Crippen LogP) is 2.44. The van der Waals surface area contributed by atoms with Gasteiger partial charge < -0.3 is 10.6 Å². The minimum atomic E-state index is -0.550. The van der Waals surface area contributed by atoms with Gasteiger partial charge in [0.1, 0.15) is 17.3 Å². The van der Waals surface area contributed by atoms with Gasteiger partial charge in [0.05, 0.1) is 6.04 Å². The number of hydrogen-bond donors (Lipinski definition) is 2. The molecule has 8 heteroatoms. The molecule has 0 saturated carbocycles. The van der Waals surface area contributed by atoms with Crippen LogP contribution in [0.5, 0.6) is 0 Å². The van der Waals surface area contributed by atoms with E-state index in [4.69, 9.17) is 0 Å². The predicted molar refractivity (Wildman–Crippen MR) is 88.1 cm³/mol. The molecular weight excluding hydrogens is 338 g/mol. The molecule has 1 aliphatic rings. The van der Waals surface area contributed by atoms with Gasteiger partial charge in [-0.2, -0.15) is 5.10 Å². The van der Waals surface area contributed by atoms with Gasteiger partial charge in [0.2, 0.25) is 0 Å². The Bertz CT molecular complexity index is 701. The summed E-state index contributed by atoms with van der Waals surface area (Å²) in [5, 5.41) is 10.1. The number of piperidine rings is 1. The molecule has 0 bridgehead atoms. The molecule has 1 fully saturated rings. The number of benzene rings is 1. The van der Waals surface area contributed by atoms with Crippen molar-refractivity contribution >= 4 is 18.3 Å². The van der Waals surface area contributed by atoms with Crippen LogP contribution in [0.1, 0.15) is 34.9 Å². The molecule has 1 atom stereocenters. The third-order valence-electron chi connectivity index (χ3n) is 3.93. The molecule has 1 aromatic carbocycles. The maximum atomic E-state index is 13.5. The van der Waals surface area contributed by atoms with E-state index in [1.807, 2.05) is 0 Å². The second kappa shape index (κ2) is 8.21. The molecule has 1 unspecified atom stereocenters. The van der Waals surface area contributed by atoms with Crippen molar-refractivity contribution in [2.45, 2.75) is 25.4 Å². The Morgan fingerprint density at radius 3 is 2.96 bits per heavy atom. The molecule has 1 amide bonds. The van der Waals surface area contributed by atoms with Gasteiger partial charge in [-0.25, -0.2) is 8.78 Å². The molecule has 1 aliphatic heterocycles. The van der Waals surface area contributed by atoms with Gasteiger partial charge in [-0.1, -0.05) is 0 Å². The van der Waals surface area contributed by atoms with Gasteiger partial charge in [0, 0.05) is 24.8 Å². The average Bonchev–Trinajstić information content (AvgIpc) is 3.06. The van der Waals surface area contributed by atoms with Crippen LogP contribution < -0.4 is 10.6 Å². The van der Waals surface area contributed by atoms with Crippen LogP contribution >= 0.6 is 12.4 Å². The number of nitrogens with one attached hydrogen (secondary N) is 2. The summed E-state index contributed by atoms with van der Waals surface area (Å²) < 4.78 is 28.4. The largest absolute Gasteiger partial charge is 0.346 e. The Hall–Kier alpha value is -1.99. The van der Waals surface area contributed by atoms with Gasteiger partial charge in [-0.05, 0) is 43.7 Å². The number of hydrogen-bond acceptors (Lipinski definition) is 3. The van der Waals surface area contributed by atoms with Crippen LogP contribution in [0.4, 0.5) is 8.78 Å². The molecule has 1 aromatic heterocycles. The van der Waals surface area contributed by atoms with Crippen molar-refractivity contribution in [3.63, 3.8) is 0 Å². The van der Waals surface area contributed by atoms with Crippen molar-refractivity contribution in [1.29, 1.82) is 0 Å². The molecule has 24 heavy (non-hydrogen) atoms. The minimum Gasteiger partial charge on any atom is -0.346 e. The Labute approximate surface area is 144 Å².